The van der Waals surface area contributed by atoms with Crippen molar-refractivity contribution in [3.05, 3.63) is 46.8 Å². The van der Waals surface area contributed by atoms with Crippen LogP contribution in [0.1, 0.15) is 0 Å². The van der Waals surface area contributed by atoms with E-state index in [0.29, 0.717) is 15.7 Å². The van der Waals surface area contributed by atoms with Crippen molar-refractivity contribution >= 4 is 32.8 Å². The van der Waals surface area contributed by atoms with Gasteiger partial charge in [0.1, 0.15) is 5.58 Å². The van der Waals surface area contributed by atoms with E-state index in [-0.39, 0.29) is 27.6 Å². The van der Waals surface area contributed by atoms with E-state index >= 15 is 0 Å². The number of aromatic hydroxyl groups is 2. The zero-order valence-electron chi connectivity index (χ0n) is 10.6. The molecular weight excluding hydrogens is 274 g/mol. The van der Waals surface area contributed by atoms with Gasteiger partial charge in [0, 0.05) is 5.39 Å². The average Bonchev–Trinajstić information content (AvgIpc) is 2.87. The van der Waals surface area contributed by atoms with Crippen LogP contribution in [0.25, 0.3) is 32.8 Å². The topological polar surface area (TPSA) is 95.8 Å². The highest BCUT2D eigenvalue weighted by Gasteiger charge is 2.21. The fraction of sp³-hybridized carbons (Fsp3) is 0. The number of fused-ring (bicyclic) bond motifs is 5. The van der Waals surface area contributed by atoms with Crippen molar-refractivity contribution in [2.75, 3.05) is 0 Å². The SMILES string of the molecule is O=c1c2c3ccccc3oc2c2c(O)c(O)ccc2n1O. The number of rotatable bonds is 0. The third-order valence-electron chi connectivity index (χ3n) is 3.59. The van der Waals surface area contributed by atoms with Crippen LogP contribution in [-0.2, 0) is 0 Å². The van der Waals surface area contributed by atoms with Crippen LogP contribution in [0, 0.1) is 0 Å². The Kier molecular flexibility index (Phi) is 2.05. The van der Waals surface area contributed by atoms with Gasteiger partial charge in [-0.2, -0.15) is 0 Å². The molecule has 0 amide bonds. The highest BCUT2D eigenvalue weighted by atomic mass is 16.5. The van der Waals surface area contributed by atoms with Gasteiger partial charge in [0.2, 0.25) is 0 Å². The highest BCUT2D eigenvalue weighted by Crippen LogP contribution is 2.39. The number of phenols is 2. The molecule has 0 fully saturated rings. The summed E-state index contributed by atoms with van der Waals surface area (Å²) in [5.41, 5.74) is 0.00383. The predicted molar refractivity (Wildman–Crippen MR) is 76.0 cm³/mol. The summed E-state index contributed by atoms with van der Waals surface area (Å²) in [4.78, 5) is 12.3. The Morgan fingerprint density at radius 1 is 1.00 bits per heavy atom. The smallest absolute Gasteiger partial charge is 0.295 e. The van der Waals surface area contributed by atoms with Crippen LogP contribution in [0.2, 0.25) is 0 Å². The molecule has 4 rings (SSSR count). The van der Waals surface area contributed by atoms with E-state index in [2.05, 4.69) is 0 Å². The summed E-state index contributed by atoms with van der Waals surface area (Å²) in [6.07, 6.45) is 0. The van der Waals surface area contributed by atoms with E-state index in [4.69, 9.17) is 4.42 Å². The van der Waals surface area contributed by atoms with Gasteiger partial charge in [0.25, 0.3) is 5.56 Å². The first kappa shape index (κ1) is 11.7. The minimum Gasteiger partial charge on any atom is -0.504 e. The summed E-state index contributed by atoms with van der Waals surface area (Å²) in [6, 6.07) is 9.39. The Morgan fingerprint density at radius 2 is 1.76 bits per heavy atom. The van der Waals surface area contributed by atoms with Gasteiger partial charge in [0.15, 0.2) is 17.1 Å². The quantitative estimate of drug-likeness (QED) is 0.340. The van der Waals surface area contributed by atoms with Crippen molar-refractivity contribution in [3.63, 3.8) is 0 Å². The van der Waals surface area contributed by atoms with Crippen molar-refractivity contribution in [3.8, 4) is 11.5 Å². The molecule has 6 nitrogen and oxygen atoms in total. The summed E-state index contributed by atoms with van der Waals surface area (Å²) < 4.78 is 6.09. The monoisotopic (exact) mass is 283 g/mol. The lowest BCUT2D eigenvalue weighted by Gasteiger charge is -2.06. The van der Waals surface area contributed by atoms with E-state index < -0.39 is 11.3 Å². The second-order valence-corrected chi connectivity index (χ2v) is 4.75. The summed E-state index contributed by atoms with van der Waals surface area (Å²) in [5.74, 6) is -0.803. The zero-order valence-corrected chi connectivity index (χ0v) is 10.6. The molecule has 0 saturated heterocycles. The van der Waals surface area contributed by atoms with Gasteiger partial charge in [-0.15, -0.1) is 4.73 Å². The molecule has 6 heteroatoms. The molecule has 4 aromatic rings. The fourth-order valence-corrected chi connectivity index (χ4v) is 2.62. The fourth-order valence-electron chi connectivity index (χ4n) is 2.62. The average molecular weight is 283 g/mol. The minimum absolute atomic E-state index is 0.0573. The Balaban J connectivity index is 2.45. The third-order valence-corrected chi connectivity index (χ3v) is 3.59. The van der Waals surface area contributed by atoms with E-state index in [1.165, 1.54) is 12.1 Å². The molecule has 0 aliphatic heterocycles. The number of furan rings is 1. The number of nitrogens with zero attached hydrogens (tertiary/aromatic N) is 1. The van der Waals surface area contributed by atoms with E-state index in [9.17, 15) is 20.2 Å². The van der Waals surface area contributed by atoms with Crippen molar-refractivity contribution in [2.24, 2.45) is 0 Å². The molecule has 0 spiro atoms. The number of phenolic OH excluding ortho intramolecular Hbond substituents is 2. The van der Waals surface area contributed by atoms with Gasteiger partial charge in [0.05, 0.1) is 16.3 Å². The summed E-state index contributed by atoms with van der Waals surface area (Å²) >= 11 is 0. The largest absolute Gasteiger partial charge is 0.504 e. The molecule has 0 aliphatic carbocycles. The molecule has 0 aliphatic rings. The number of hydrogen-bond acceptors (Lipinski definition) is 5. The van der Waals surface area contributed by atoms with Crippen molar-refractivity contribution in [2.45, 2.75) is 0 Å². The van der Waals surface area contributed by atoms with Crippen LogP contribution >= 0.6 is 0 Å². The van der Waals surface area contributed by atoms with Crippen LogP contribution in [-0.4, -0.2) is 20.2 Å². The van der Waals surface area contributed by atoms with Gasteiger partial charge in [-0.1, -0.05) is 18.2 Å². The zero-order chi connectivity index (χ0) is 14.7. The number of hydrogen-bond donors (Lipinski definition) is 3. The molecule has 104 valence electrons. The third kappa shape index (κ3) is 1.33. The second-order valence-electron chi connectivity index (χ2n) is 4.75. The molecule has 2 aromatic carbocycles. The molecule has 0 bridgehead atoms. The Hall–Kier alpha value is -3.15. The van der Waals surface area contributed by atoms with E-state index in [1.807, 2.05) is 0 Å². The summed E-state index contributed by atoms with van der Waals surface area (Å²) in [5, 5.41) is 30.5. The van der Waals surface area contributed by atoms with Gasteiger partial charge in [-0.05, 0) is 18.2 Å². The molecule has 0 unspecified atom stereocenters. The standard InChI is InChI=1S/C15H9NO5/c17-9-6-5-8-12(13(9)18)14-11(15(19)16(8)20)7-3-1-2-4-10(7)21-14/h1-6,17-18,20H. The first-order valence-electron chi connectivity index (χ1n) is 6.19. The molecule has 0 radical (unpaired) electrons. The summed E-state index contributed by atoms with van der Waals surface area (Å²) in [6.45, 7) is 0. The molecule has 2 heterocycles. The maximum atomic E-state index is 12.3. The number of para-hydroxylation sites is 1. The molecule has 3 N–H and O–H groups in total. The van der Waals surface area contributed by atoms with Crippen LogP contribution in [0.15, 0.2) is 45.6 Å². The number of aromatic nitrogens is 1. The van der Waals surface area contributed by atoms with Gasteiger partial charge in [-0.3, -0.25) is 4.79 Å². The lowest BCUT2D eigenvalue weighted by atomic mass is 10.1. The Labute approximate surface area is 116 Å². The molecule has 2 aromatic heterocycles. The number of pyridine rings is 1. The van der Waals surface area contributed by atoms with Gasteiger partial charge >= 0.3 is 0 Å². The lowest BCUT2D eigenvalue weighted by Crippen LogP contribution is -2.17. The van der Waals surface area contributed by atoms with Crippen molar-refractivity contribution in [1.29, 1.82) is 0 Å². The highest BCUT2D eigenvalue weighted by molar-refractivity contribution is 6.15. The Bertz CT molecular complexity index is 1090. The maximum absolute atomic E-state index is 12.3. The van der Waals surface area contributed by atoms with Crippen LogP contribution < -0.4 is 5.56 Å². The van der Waals surface area contributed by atoms with Gasteiger partial charge in [-0.25, -0.2) is 0 Å². The Morgan fingerprint density at radius 3 is 2.57 bits per heavy atom. The maximum Gasteiger partial charge on any atom is 0.295 e. The summed E-state index contributed by atoms with van der Waals surface area (Å²) in [7, 11) is 0. The molecular formula is C15H9NO5. The molecule has 0 atom stereocenters. The first-order chi connectivity index (χ1) is 10.1. The lowest BCUT2D eigenvalue weighted by molar-refractivity contribution is 0.190. The molecule has 0 saturated carbocycles. The first-order valence-corrected chi connectivity index (χ1v) is 6.19. The van der Waals surface area contributed by atoms with Crippen LogP contribution in [0.4, 0.5) is 0 Å². The van der Waals surface area contributed by atoms with Crippen molar-refractivity contribution in [1.82, 2.24) is 4.73 Å². The second kappa shape index (κ2) is 3.69. The minimum atomic E-state index is -0.646. The van der Waals surface area contributed by atoms with Gasteiger partial charge < -0.3 is 19.8 Å². The van der Waals surface area contributed by atoms with Crippen LogP contribution in [0.3, 0.4) is 0 Å². The van der Waals surface area contributed by atoms with Crippen LogP contribution in [0.5, 0.6) is 11.5 Å². The molecule has 21 heavy (non-hydrogen) atoms. The predicted octanol–water partition coefficient (Wildman–Crippen LogP) is 2.55. The van der Waals surface area contributed by atoms with E-state index in [1.54, 1.807) is 24.3 Å². The normalized spacial score (nSPS) is 11.6. The number of benzene rings is 2. The van der Waals surface area contributed by atoms with E-state index in [0.717, 1.165) is 0 Å². The van der Waals surface area contributed by atoms with Crippen molar-refractivity contribution < 1.29 is 19.8 Å².